The normalized spacial score (nSPS) is 10.2. The number of carbonyl (C=O) groups excluding carboxylic acids is 1. The lowest BCUT2D eigenvalue weighted by Crippen LogP contribution is -2.12. The van der Waals surface area contributed by atoms with E-state index in [2.05, 4.69) is 4.74 Å². The number of ether oxygens (including phenoxy) is 1. The summed E-state index contributed by atoms with van der Waals surface area (Å²) in [4.78, 5) is 11.5. The van der Waals surface area contributed by atoms with Crippen LogP contribution in [0.5, 0.6) is 0 Å². The minimum absolute atomic E-state index is 0.0499. The largest absolute Gasteiger partial charge is 0.462 e. The van der Waals surface area contributed by atoms with Crippen LogP contribution >= 0.6 is 0 Å². The molecule has 2 N–H and O–H groups in total. The molecule has 0 aliphatic carbocycles. The Labute approximate surface area is 103 Å². The monoisotopic (exact) mass is 254 g/mol. The summed E-state index contributed by atoms with van der Waals surface area (Å²) in [6.45, 7) is 1.59. The fraction of sp³-hybridized carbons (Fsp3) is 0.333. The molecule has 4 nitrogen and oxygen atoms in total. The molecule has 0 saturated heterocycles. The molecule has 0 fully saturated rings. The predicted molar refractivity (Wildman–Crippen MR) is 60.0 cm³/mol. The van der Waals surface area contributed by atoms with Gasteiger partial charge in [0, 0.05) is 6.54 Å². The van der Waals surface area contributed by atoms with Crippen LogP contribution in [-0.4, -0.2) is 12.6 Å². The van der Waals surface area contributed by atoms with Crippen LogP contribution in [0.3, 0.4) is 0 Å². The zero-order valence-corrected chi connectivity index (χ0v) is 9.74. The third-order valence-electron chi connectivity index (χ3n) is 2.38. The van der Waals surface area contributed by atoms with Crippen molar-refractivity contribution in [3.63, 3.8) is 0 Å². The lowest BCUT2D eigenvalue weighted by Gasteiger charge is -2.12. The van der Waals surface area contributed by atoms with Gasteiger partial charge in [0.25, 0.3) is 6.43 Å². The Morgan fingerprint density at radius 3 is 2.67 bits per heavy atom. The molecule has 0 saturated carbocycles. The molecule has 0 aliphatic heterocycles. The molecule has 0 aliphatic rings. The van der Waals surface area contributed by atoms with E-state index in [1.165, 1.54) is 12.1 Å². The summed E-state index contributed by atoms with van der Waals surface area (Å²) in [5, 5.41) is 8.92. The van der Waals surface area contributed by atoms with Crippen molar-refractivity contribution in [2.24, 2.45) is 5.73 Å². The van der Waals surface area contributed by atoms with Gasteiger partial charge in [-0.3, -0.25) is 0 Å². The minimum atomic E-state index is -2.94. The number of nitrogens with two attached hydrogens (primary N) is 1. The van der Waals surface area contributed by atoms with E-state index in [-0.39, 0.29) is 29.8 Å². The first kappa shape index (κ1) is 14.1. The third kappa shape index (κ3) is 2.63. The summed E-state index contributed by atoms with van der Waals surface area (Å²) in [5.41, 5.74) is 4.49. The number of halogens is 2. The van der Waals surface area contributed by atoms with Gasteiger partial charge >= 0.3 is 5.97 Å². The first-order valence-electron chi connectivity index (χ1n) is 5.28. The maximum atomic E-state index is 13.0. The van der Waals surface area contributed by atoms with Gasteiger partial charge in [-0.15, -0.1) is 0 Å². The molecule has 18 heavy (non-hydrogen) atoms. The number of benzene rings is 1. The van der Waals surface area contributed by atoms with Gasteiger partial charge in [-0.1, -0.05) is 6.07 Å². The molecule has 0 radical (unpaired) electrons. The van der Waals surface area contributed by atoms with Gasteiger partial charge in [0.05, 0.1) is 29.4 Å². The number of carbonyl (C=O) groups is 1. The second-order valence-electron chi connectivity index (χ2n) is 3.40. The number of nitriles is 1. The Hall–Kier alpha value is -2.00. The average molecular weight is 254 g/mol. The van der Waals surface area contributed by atoms with Crippen molar-refractivity contribution < 1.29 is 18.3 Å². The molecular weight excluding hydrogens is 242 g/mol. The fourth-order valence-electron chi connectivity index (χ4n) is 1.58. The lowest BCUT2D eigenvalue weighted by atomic mass is 9.96. The Morgan fingerprint density at radius 2 is 2.22 bits per heavy atom. The van der Waals surface area contributed by atoms with Crippen molar-refractivity contribution in [1.29, 1.82) is 5.26 Å². The van der Waals surface area contributed by atoms with Crippen LogP contribution in [0.15, 0.2) is 12.1 Å². The van der Waals surface area contributed by atoms with E-state index in [0.717, 1.165) is 0 Å². The van der Waals surface area contributed by atoms with Crippen LogP contribution in [0.1, 0.15) is 40.4 Å². The summed E-state index contributed by atoms with van der Waals surface area (Å²) in [7, 11) is 0. The minimum Gasteiger partial charge on any atom is -0.462 e. The summed E-state index contributed by atoms with van der Waals surface area (Å²) in [5.74, 6) is -0.868. The van der Waals surface area contributed by atoms with Gasteiger partial charge in [0.2, 0.25) is 0 Å². The van der Waals surface area contributed by atoms with Gasteiger partial charge in [0.1, 0.15) is 0 Å². The van der Waals surface area contributed by atoms with Gasteiger partial charge in [-0.05, 0) is 18.6 Å². The summed E-state index contributed by atoms with van der Waals surface area (Å²) < 4.78 is 30.7. The SMILES string of the molecule is CCOC(=O)c1ccc(CN)c(C#N)c1C(F)F. The van der Waals surface area contributed by atoms with E-state index in [1.54, 1.807) is 13.0 Å². The van der Waals surface area contributed by atoms with Crippen LogP contribution in [-0.2, 0) is 11.3 Å². The van der Waals surface area contributed by atoms with Crippen LogP contribution in [0.4, 0.5) is 8.78 Å². The number of nitrogens with zero attached hydrogens (tertiary/aromatic N) is 1. The smallest absolute Gasteiger partial charge is 0.338 e. The molecule has 1 aromatic rings. The van der Waals surface area contributed by atoms with E-state index in [1.807, 2.05) is 0 Å². The highest BCUT2D eigenvalue weighted by atomic mass is 19.3. The van der Waals surface area contributed by atoms with Crippen molar-refractivity contribution in [2.75, 3.05) is 6.61 Å². The molecular formula is C12H12F2N2O2. The summed E-state index contributed by atoms with van der Waals surface area (Å²) >= 11 is 0. The first-order valence-corrected chi connectivity index (χ1v) is 5.28. The molecule has 0 unspecified atom stereocenters. The molecule has 6 heteroatoms. The van der Waals surface area contributed by atoms with E-state index >= 15 is 0 Å². The first-order chi connectivity index (χ1) is 8.56. The van der Waals surface area contributed by atoms with Crippen molar-refractivity contribution in [2.45, 2.75) is 19.9 Å². The summed E-state index contributed by atoms with van der Waals surface area (Å²) in [6.07, 6.45) is -2.94. The maximum Gasteiger partial charge on any atom is 0.338 e. The third-order valence-corrected chi connectivity index (χ3v) is 2.38. The quantitative estimate of drug-likeness (QED) is 0.835. The average Bonchev–Trinajstić information content (AvgIpc) is 2.36. The second kappa shape index (κ2) is 6.07. The highest BCUT2D eigenvalue weighted by Gasteiger charge is 2.24. The van der Waals surface area contributed by atoms with E-state index in [4.69, 9.17) is 11.0 Å². The van der Waals surface area contributed by atoms with Crippen molar-refractivity contribution in [3.05, 3.63) is 34.4 Å². The zero-order valence-electron chi connectivity index (χ0n) is 9.74. The number of alkyl halides is 2. The van der Waals surface area contributed by atoms with Crippen molar-refractivity contribution >= 4 is 5.97 Å². The van der Waals surface area contributed by atoms with Crippen molar-refractivity contribution in [1.82, 2.24) is 0 Å². The van der Waals surface area contributed by atoms with Crippen LogP contribution in [0.2, 0.25) is 0 Å². The standard InChI is InChI=1S/C12H12F2N2O2/c1-2-18-12(17)8-4-3-7(5-15)9(6-16)10(8)11(13)14/h3-4,11H,2,5,15H2,1H3. The molecule has 0 atom stereocenters. The van der Waals surface area contributed by atoms with E-state index in [9.17, 15) is 13.6 Å². The lowest BCUT2D eigenvalue weighted by molar-refractivity contribution is 0.0515. The van der Waals surface area contributed by atoms with Crippen molar-refractivity contribution in [3.8, 4) is 6.07 Å². The van der Waals surface area contributed by atoms with Crippen LogP contribution < -0.4 is 5.73 Å². The fourth-order valence-corrected chi connectivity index (χ4v) is 1.58. The number of hydrogen-bond acceptors (Lipinski definition) is 4. The Morgan fingerprint density at radius 1 is 1.56 bits per heavy atom. The highest BCUT2D eigenvalue weighted by Crippen LogP contribution is 2.29. The van der Waals surface area contributed by atoms with Gasteiger partial charge in [0.15, 0.2) is 0 Å². The Kier molecular flexibility index (Phi) is 4.75. The molecule has 0 aromatic heterocycles. The second-order valence-corrected chi connectivity index (χ2v) is 3.40. The maximum absolute atomic E-state index is 13.0. The Balaban J connectivity index is 3.45. The molecule has 1 aromatic carbocycles. The van der Waals surface area contributed by atoms with Gasteiger partial charge in [-0.25, -0.2) is 13.6 Å². The molecule has 0 bridgehead atoms. The Bertz CT molecular complexity index is 496. The van der Waals surface area contributed by atoms with Gasteiger partial charge in [-0.2, -0.15) is 5.26 Å². The summed E-state index contributed by atoms with van der Waals surface area (Å²) in [6, 6.07) is 4.26. The molecule has 1 rings (SSSR count). The molecule has 0 amide bonds. The van der Waals surface area contributed by atoms with E-state index in [0.29, 0.717) is 0 Å². The molecule has 0 heterocycles. The molecule has 0 spiro atoms. The zero-order chi connectivity index (χ0) is 13.7. The van der Waals surface area contributed by atoms with Crippen LogP contribution in [0.25, 0.3) is 0 Å². The number of esters is 1. The molecule has 96 valence electrons. The van der Waals surface area contributed by atoms with Crippen LogP contribution in [0, 0.1) is 11.3 Å². The predicted octanol–water partition coefficient (Wildman–Crippen LogP) is 2.13. The number of hydrogen-bond donors (Lipinski definition) is 1. The highest BCUT2D eigenvalue weighted by molar-refractivity contribution is 5.92. The van der Waals surface area contributed by atoms with Gasteiger partial charge < -0.3 is 10.5 Å². The van der Waals surface area contributed by atoms with E-state index < -0.39 is 18.0 Å². The number of rotatable bonds is 4. The topological polar surface area (TPSA) is 76.1 Å².